The fourth-order valence-corrected chi connectivity index (χ4v) is 0.954. The lowest BCUT2D eigenvalue weighted by Crippen LogP contribution is -2.05. The van der Waals surface area contributed by atoms with E-state index in [1.165, 1.54) is 0 Å². The molecule has 7 nitrogen and oxygen atoms in total. The summed E-state index contributed by atoms with van der Waals surface area (Å²) < 4.78 is 0. The molecule has 0 aliphatic rings. The summed E-state index contributed by atoms with van der Waals surface area (Å²) >= 11 is 0. The van der Waals surface area contributed by atoms with E-state index in [0.717, 1.165) is 0 Å². The lowest BCUT2D eigenvalue weighted by atomic mass is 10.4. The summed E-state index contributed by atoms with van der Waals surface area (Å²) in [6, 6.07) is 1.70. The number of rotatable bonds is 3. The van der Waals surface area contributed by atoms with Gasteiger partial charge >= 0.3 is 0 Å². The lowest BCUT2D eigenvalue weighted by Gasteiger charge is -1.96. The molecule has 0 amide bonds. The Morgan fingerprint density at radius 3 is 2.20 bits per heavy atom. The summed E-state index contributed by atoms with van der Waals surface area (Å²) in [4.78, 5) is 7.92. The van der Waals surface area contributed by atoms with Crippen LogP contribution in [-0.4, -0.2) is 42.1 Å². The third-order valence-corrected chi connectivity index (χ3v) is 1.62. The number of hydrogen-bond acceptors (Lipinski definition) is 7. The summed E-state index contributed by atoms with van der Waals surface area (Å²) in [7, 11) is 0. The molecule has 0 aliphatic heterocycles. The first kappa shape index (κ1) is 9.53. The molecule has 76 valence electrons. The number of aliphatic hydroxyl groups excluding tert-OH is 1. The molecule has 2 aromatic heterocycles. The van der Waals surface area contributed by atoms with Gasteiger partial charge in [-0.2, -0.15) is 0 Å². The Hall–Kier alpha value is -2.02. The fourth-order valence-electron chi connectivity index (χ4n) is 0.954. The SMILES string of the molecule is OCCc1nnc(-c2ncccn2)nn1. The molecular weight excluding hydrogens is 196 g/mol. The zero-order valence-electron chi connectivity index (χ0n) is 7.78. The number of aliphatic hydroxyl groups is 1. The monoisotopic (exact) mass is 204 g/mol. The minimum atomic E-state index is -0.0233. The third-order valence-electron chi connectivity index (χ3n) is 1.62. The van der Waals surface area contributed by atoms with Crippen molar-refractivity contribution in [3.63, 3.8) is 0 Å². The maximum Gasteiger partial charge on any atom is 0.240 e. The molecule has 7 heteroatoms. The number of hydrogen-bond donors (Lipinski definition) is 1. The van der Waals surface area contributed by atoms with Gasteiger partial charge in [-0.15, -0.1) is 20.4 Å². The molecule has 0 saturated carbocycles. The molecule has 1 N–H and O–H groups in total. The molecule has 0 aliphatic carbocycles. The van der Waals surface area contributed by atoms with Gasteiger partial charge in [-0.1, -0.05) is 0 Å². The molecule has 2 heterocycles. The van der Waals surface area contributed by atoms with Gasteiger partial charge in [0.2, 0.25) is 11.6 Å². The Morgan fingerprint density at radius 2 is 1.60 bits per heavy atom. The molecule has 0 unspecified atom stereocenters. The molecule has 0 fully saturated rings. The highest BCUT2D eigenvalue weighted by atomic mass is 16.3. The van der Waals surface area contributed by atoms with Crippen LogP contribution >= 0.6 is 0 Å². The van der Waals surface area contributed by atoms with E-state index in [9.17, 15) is 0 Å². The van der Waals surface area contributed by atoms with Crippen LogP contribution in [0.4, 0.5) is 0 Å². The van der Waals surface area contributed by atoms with Crippen LogP contribution in [0.25, 0.3) is 11.6 Å². The van der Waals surface area contributed by atoms with E-state index in [-0.39, 0.29) is 12.4 Å². The predicted molar refractivity (Wildman–Crippen MR) is 49.4 cm³/mol. The first-order chi connectivity index (χ1) is 7.40. The second-order valence-electron chi connectivity index (χ2n) is 2.69. The van der Waals surface area contributed by atoms with E-state index in [0.29, 0.717) is 18.1 Å². The first-order valence-corrected chi connectivity index (χ1v) is 4.34. The molecule has 0 radical (unpaired) electrons. The van der Waals surface area contributed by atoms with Gasteiger partial charge in [0.05, 0.1) is 6.61 Å². The van der Waals surface area contributed by atoms with E-state index in [4.69, 9.17) is 5.11 Å². The van der Waals surface area contributed by atoms with Gasteiger partial charge in [-0.25, -0.2) is 9.97 Å². The van der Waals surface area contributed by atoms with Crippen LogP contribution in [0, 0.1) is 0 Å². The van der Waals surface area contributed by atoms with E-state index in [2.05, 4.69) is 30.4 Å². The standard InChI is InChI=1S/C8H8N6O/c15-5-2-6-11-13-8(14-12-6)7-9-3-1-4-10-7/h1,3-4,15H,2,5H2. The third kappa shape index (κ3) is 2.26. The van der Waals surface area contributed by atoms with Crippen molar-refractivity contribution in [1.29, 1.82) is 0 Å². The average Bonchev–Trinajstić information content (AvgIpc) is 2.32. The van der Waals surface area contributed by atoms with E-state index in [1.807, 2.05) is 0 Å². The van der Waals surface area contributed by atoms with Crippen LogP contribution in [0.3, 0.4) is 0 Å². The highest BCUT2D eigenvalue weighted by molar-refractivity contribution is 5.39. The smallest absolute Gasteiger partial charge is 0.240 e. The molecule has 0 atom stereocenters. The summed E-state index contributed by atoms with van der Waals surface area (Å²) in [5.74, 6) is 1.06. The molecule has 0 bridgehead atoms. The minimum Gasteiger partial charge on any atom is -0.396 e. The second kappa shape index (κ2) is 4.47. The maximum absolute atomic E-state index is 8.65. The van der Waals surface area contributed by atoms with Crippen LogP contribution in [0.15, 0.2) is 18.5 Å². The highest BCUT2D eigenvalue weighted by Crippen LogP contribution is 2.03. The van der Waals surface area contributed by atoms with Crippen molar-refractivity contribution in [2.75, 3.05) is 6.61 Å². The van der Waals surface area contributed by atoms with Crippen LogP contribution in [-0.2, 0) is 6.42 Å². The summed E-state index contributed by atoms with van der Waals surface area (Å²) in [6.45, 7) is -0.0233. The summed E-state index contributed by atoms with van der Waals surface area (Å²) in [6.07, 6.45) is 3.52. The molecule has 2 aromatic rings. The van der Waals surface area contributed by atoms with Crippen molar-refractivity contribution in [1.82, 2.24) is 30.4 Å². The van der Waals surface area contributed by atoms with Gasteiger partial charge in [0.1, 0.15) is 0 Å². The van der Waals surface area contributed by atoms with Gasteiger partial charge in [0.15, 0.2) is 5.82 Å². The normalized spacial score (nSPS) is 10.2. The average molecular weight is 204 g/mol. The fraction of sp³-hybridized carbons (Fsp3) is 0.250. The Bertz CT molecular complexity index is 417. The second-order valence-corrected chi connectivity index (χ2v) is 2.69. The van der Waals surface area contributed by atoms with E-state index >= 15 is 0 Å². The molecule has 15 heavy (non-hydrogen) atoms. The predicted octanol–water partition coefficient (Wildman–Crippen LogP) is -0.742. The Kier molecular flexibility index (Phi) is 2.84. The topological polar surface area (TPSA) is 97.6 Å². The highest BCUT2D eigenvalue weighted by Gasteiger charge is 2.05. The zero-order valence-corrected chi connectivity index (χ0v) is 7.78. The largest absolute Gasteiger partial charge is 0.396 e. The lowest BCUT2D eigenvalue weighted by molar-refractivity contribution is 0.295. The van der Waals surface area contributed by atoms with Gasteiger partial charge in [0.25, 0.3) is 0 Å². The molecule has 0 saturated heterocycles. The molecular formula is C8H8N6O. The number of nitrogens with zero attached hydrogens (tertiary/aromatic N) is 6. The van der Waals surface area contributed by atoms with Crippen LogP contribution in [0.2, 0.25) is 0 Å². The van der Waals surface area contributed by atoms with Gasteiger partial charge < -0.3 is 5.11 Å². The Labute approximate surface area is 85.3 Å². The van der Waals surface area contributed by atoms with E-state index < -0.39 is 0 Å². The van der Waals surface area contributed by atoms with Gasteiger partial charge in [0, 0.05) is 18.8 Å². The quantitative estimate of drug-likeness (QED) is 0.702. The first-order valence-electron chi connectivity index (χ1n) is 4.34. The molecule has 0 aromatic carbocycles. The Balaban J connectivity index is 2.24. The van der Waals surface area contributed by atoms with Gasteiger partial charge in [-0.05, 0) is 6.07 Å². The van der Waals surface area contributed by atoms with E-state index in [1.54, 1.807) is 18.5 Å². The van der Waals surface area contributed by atoms with Crippen molar-refractivity contribution in [2.45, 2.75) is 6.42 Å². The minimum absolute atomic E-state index is 0.0233. The van der Waals surface area contributed by atoms with Gasteiger partial charge in [-0.3, -0.25) is 0 Å². The molecule has 0 spiro atoms. The zero-order chi connectivity index (χ0) is 10.5. The molecule has 2 rings (SSSR count). The van der Waals surface area contributed by atoms with Crippen molar-refractivity contribution in [2.24, 2.45) is 0 Å². The maximum atomic E-state index is 8.65. The van der Waals surface area contributed by atoms with Crippen LogP contribution < -0.4 is 0 Å². The van der Waals surface area contributed by atoms with Crippen molar-refractivity contribution in [3.8, 4) is 11.6 Å². The number of aromatic nitrogens is 6. The summed E-state index contributed by atoms with van der Waals surface area (Å²) in [5.41, 5.74) is 0. The van der Waals surface area contributed by atoms with Crippen molar-refractivity contribution >= 4 is 0 Å². The Morgan fingerprint density at radius 1 is 0.933 bits per heavy atom. The van der Waals surface area contributed by atoms with Crippen LogP contribution in [0.1, 0.15) is 5.82 Å². The van der Waals surface area contributed by atoms with Crippen LogP contribution in [0.5, 0.6) is 0 Å². The summed E-state index contributed by atoms with van der Waals surface area (Å²) in [5, 5.41) is 23.8. The van der Waals surface area contributed by atoms with Crippen molar-refractivity contribution in [3.05, 3.63) is 24.3 Å². The van der Waals surface area contributed by atoms with Crippen molar-refractivity contribution < 1.29 is 5.11 Å².